The Morgan fingerprint density at radius 2 is 1.82 bits per heavy atom. The highest BCUT2D eigenvalue weighted by Crippen LogP contribution is 2.35. The number of benzene rings is 2. The second kappa shape index (κ2) is 6.76. The number of halogens is 1. The molecule has 1 aliphatic rings. The van der Waals surface area contributed by atoms with Gasteiger partial charge in [-0.25, -0.2) is 9.36 Å². The Morgan fingerprint density at radius 1 is 1.00 bits per heavy atom. The first-order valence-electron chi connectivity index (χ1n) is 9.28. The number of nitrogens with zero attached hydrogens (tertiary/aromatic N) is 1. The number of H-pyrrole nitrogens is 1. The summed E-state index contributed by atoms with van der Waals surface area (Å²) in [7, 11) is 0. The smallest absolute Gasteiger partial charge is 0.306 e. The van der Waals surface area contributed by atoms with Crippen LogP contribution in [-0.2, 0) is 12.8 Å². The van der Waals surface area contributed by atoms with Gasteiger partial charge < -0.3 is 4.98 Å². The summed E-state index contributed by atoms with van der Waals surface area (Å²) in [5.74, 6) is 0. The van der Waals surface area contributed by atoms with Crippen molar-refractivity contribution < 1.29 is 0 Å². The molecule has 4 aromatic rings. The minimum absolute atomic E-state index is 0.277. The van der Waals surface area contributed by atoms with Crippen LogP contribution in [0.15, 0.2) is 58.1 Å². The van der Waals surface area contributed by atoms with Gasteiger partial charge in [0.1, 0.15) is 4.70 Å². The van der Waals surface area contributed by atoms with E-state index in [9.17, 15) is 9.59 Å². The van der Waals surface area contributed by atoms with Crippen LogP contribution in [-0.4, -0.2) is 9.55 Å². The van der Waals surface area contributed by atoms with Crippen LogP contribution >= 0.6 is 22.9 Å². The van der Waals surface area contributed by atoms with Crippen LogP contribution < -0.4 is 11.2 Å². The number of aromatic amines is 1. The van der Waals surface area contributed by atoms with Crippen molar-refractivity contribution in [3.05, 3.63) is 85.5 Å². The van der Waals surface area contributed by atoms with E-state index in [2.05, 4.69) is 11.1 Å². The molecule has 0 aliphatic heterocycles. The van der Waals surface area contributed by atoms with Crippen molar-refractivity contribution >= 4 is 33.2 Å². The van der Waals surface area contributed by atoms with Gasteiger partial charge in [-0.3, -0.25) is 4.79 Å². The number of thiophene rings is 1. The summed E-state index contributed by atoms with van der Waals surface area (Å²) in [4.78, 5) is 29.9. The number of rotatable bonds is 2. The molecule has 0 spiro atoms. The third-order valence-electron chi connectivity index (χ3n) is 5.33. The molecule has 2 aromatic heterocycles. The van der Waals surface area contributed by atoms with Crippen molar-refractivity contribution in [1.29, 1.82) is 0 Å². The van der Waals surface area contributed by atoms with E-state index in [1.165, 1.54) is 21.5 Å². The van der Waals surface area contributed by atoms with Gasteiger partial charge in [0.05, 0.1) is 11.2 Å². The molecule has 0 unspecified atom stereocenters. The SMILES string of the molecule is O=c1[nH]c2cc(-c3ccccc3Cl)sc2c(=O)n1-c1cccc2c1CCCC2. The molecule has 0 saturated carbocycles. The maximum absolute atomic E-state index is 13.3. The number of nitrogens with one attached hydrogen (secondary N) is 1. The Kier molecular flexibility index (Phi) is 4.22. The first kappa shape index (κ1) is 17.5. The molecule has 0 fully saturated rings. The zero-order chi connectivity index (χ0) is 19.3. The fourth-order valence-corrected chi connectivity index (χ4v) is 5.37. The van der Waals surface area contributed by atoms with Gasteiger partial charge in [-0.05, 0) is 55.0 Å². The lowest BCUT2D eigenvalue weighted by Gasteiger charge is -2.19. The molecule has 0 atom stereocenters. The number of aryl methyl sites for hydroxylation is 1. The van der Waals surface area contributed by atoms with Crippen molar-refractivity contribution in [2.75, 3.05) is 0 Å². The van der Waals surface area contributed by atoms with Gasteiger partial charge in [-0.1, -0.05) is 41.9 Å². The highest BCUT2D eigenvalue weighted by molar-refractivity contribution is 7.22. The number of hydrogen-bond donors (Lipinski definition) is 1. The van der Waals surface area contributed by atoms with Gasteiger partial charge in [0.2, 0.25) is 0 Å². The van der Waals surface area contributed by atoms with E-state index < -0.39 is 5.69 Å². The van der Waals surface area contributed by atoms with Crippen LogP contribution in [0.1, 0.15) is 24.0 Å². The molecule has 5 rings (SSSR count). The predicted molar refractivity (Wildman–Crippen MR) is 115 cm³/mol. The third-order valence-corrected chi connectivity index (χ3v) is 6.81. The molecule has 140 valence electrons. The second-order valence-corrected chi connectivity index (χ2v) is 8.49. The van der Waals surface area contributed by atoms with Crippen LogP contribution in [0, 0.1) is 0 Å². The minimum atomic E-state index is -0.403. The van der Waals surface area contributed by atoms with E-state index in [0.717, 1.165) is 41.7 Å². The van der Waals surface area contributed by atoms with Crippen LogP contribution in [0.25, 0.3) is 26.3 Å². The lowest BCUT2D eigenvalue weighted by atomic mass is 9.90. The first-order valence-corrected chi connectivity index (χ1v) is 10.5. The van der Waals surface area contributed by atoms with Gasteiger partial charge in [0, 0.05) is 15.5 Å². The predicted octanol–water partition coefficient (Wildman–Crippen LogP) is 4.94. The van der Waals surface area contributed by atoms with Crippen molar-refractivity contribution in [1.82, 2.24) is 9.55 Å². The van der Waals surface area contributed by atoms with Gasteiger partial charge >= 0.3 is 5.69 Å². The van der Waals surface area contributed by atoms with E-state index in [0.29, 0.717) is 20.9 Å². The minimum Gasteiger partial charge on any atom is -0.306 e. The summed E-state index contributed by atoms with van der Waals surface area (Å²) in [6.45, 7) is 0. The van der Waals surface area contributed by atoms with Crippen LogP contribution in [0.4, 0.5) is 0 Å². The fraction of sp³-hybridized carbons (Fsp3) is 0.182. The third kappa shape index (κ3) is 2.74. The molecular formula is C22H17ClN2O2S. The normalized spacial score (nSPS) is 13.6. The maximum Gasteiger partial charge on any atom is 0.333 e. The molecule has 1 N–H and O–H groups in total. The number of hydrogen-bond acceptors (Lipinski definition) is 3. The van der Waals surface area contributed by atoms with E-state index >= 15 is 0 Å². The Hall–Kier alpha value is -2.63. The van der Waals surface area contributed by atoms with E-state index in [1.807, 2.05) is 42.5 Å². The van der Waals surface area contributed by atoms with E-state index in [1.54, 1.807) is 0 Å². The Labute approximate surface area is 170 Å². The molecule has 6 heteroatoms. The molecule has 2 aromatic carbocycles. The molecule has 0 saturated heterocycles. The average Bonchev–Trinajstić information content (AvgIpc) is 3.12. The molecule has 0 amide bonds. The Bertz CT molecular complexity index is 1330. The standard InChI is InChI=1S/C22H17ClN2O2S/c23-16-10-4-3-9-15(16)19-12-17-20(28-19)21(26)25(22(27)24-17)18-11-5-7-13-6-1-2-8-14(13)18/h3-5,7,9-12H,1-2,6,8H2,(H,24,27). The zero-order valence-corrected chi connectivity index (χ0v) is 16.6. The highest BCUT2D eigenvalue weighted by Gasteiger charge is 2.19. The summed E-state index contributed by atoms with van der Waals surface area (Å²) in [6, 6.07) is 15.2. The topological polar surface area (TPSA) is 54.9 Å². The molecule has 4 nitrogen and oxygen atoms in total. The molecule has 0 bridgehead atoms. The van der Waals surface area contributed by atoms with Crippen LogP contribution in [0.2, 0.25) is 5.02 Å². The first-order chi connectivity index (χ1) is 13.6. The molecule has 28 heavy (non-hydrogen) atoms. The summed E-state index contributed by atoms with van der Waals surface area (Å²) in [5.41, 5.74) is 3.78. The lowest BCUT2D eigenvalue weighted by Crippen LogP contribution is -2.34. The van der Waals surface area contributed by atoms with Gasteiger partial charge in [-0.2, -0.15) is 0 Å². The molecular weight excluding hydrogens is 392 g/mol. The maximum atomic E-state index is 13.3. The largest absolute Gasteiger partial charge is 0.333 e. The van der Waals surface area contributed by atoms with Crippen molar-refractivity contribution in [2.24, 2.45) is 0 Å². The lowest BCUT2D eigenvalue weighted by molar-refractivity contribution is 0.678. The average molecular weight is 409 g/mol. The van der Waals surface area contributed by atoms with Gasteiger partial charge in [0.25, 0.3) is 5.56 Å². The Morgan fingerprint density at radius 3 is 2.68 bits per heavy atom. The highest BCUT2D eigenvalue weighted by atomic mass is 35.5. The van der Waals surface area contributed by atoms with Gasteiger partial charge in [-0.15, -0.1) is 11.3 Å². The van der Waals surface area contributed by atoms with Crippen molar-refractivity contribution in [2.45, 2.75) is 25.7 Å². The summed E-state index contributed by atoms with van der Waals surface area (Å²) in [5, 5.41) is 0.619. The molecule has 1 aliphatic carbocycles. The molecule has 2 heterocycles. The second-order valence-electron chi connectivity index (χ2n) is 7.03. The van der Waals surface area contributed by atoms with Crippen molar-refractivity contribution in [3.8, 4) is 16.1 Å². The molecule has 0 radical (unpaired) electrons. The summed E-state index contributed by atoms with van der Waals surface area (Å²) >= 11 is 7.67. The van der Waals surface area contributed by atoms with Crippen molar-refractivity contribution in [3.63, 3.8) is 0 Å². The van der Waals surface area contributed by atoms with Crippen LogP contribution in [0.5, 0.6) is 0 Å². The van der Waals surface area contributed by atoms with E-state index in [4.69, 9.17) is 11.6 Å². The van der Waals surface area contributed by atoms with Gasteiger partial charge in [0.15, 0.2) is 0 Å². The Balaban J connectivity index is 1.76. The van der Waals surface area contributed by atoms with Crippen LogP contribution in [0.3, 0.4) is 0 Å². The number of fused-ring (bicyclic) bond motifs is 2. The zero-order valence-electron chi connectivity index (χ0n) is 15.0. The summed E-state index contributed by atoms with van der Waals surface area (Å²) in [6.07, 6.45) is 4.11. The number of aromatic nitrogens is 2. The monoisotopic (exact) mass is 408 g/mol. The fourth-order valence-electron chi connectivity index (χ4n) is 3.99. The quantitative estimate of drug-likeness (QED) is 0.510. The summed E-state index contributed by atoms with van der Waals surface area (Å²) < 4.78 is 1.82. The van der Waals surface area contributed by atoms with E-state index in [-0.39, 0.29) is 5.56 Å².